The normalized spacial score (nSPS) is 30.3. The molecular weight excluding hydrogens is 837 g/mol. The van der Waals surface area contributed by atoms with Crippen LogP contribution >= 0.6 is 23.2 Å². The summed E-state index contributed by atoms with van der Waals surface area (Å²) in [5, 5.41) is 23.4. The summed E-state index contributed by atoms with van der Waals surface area (Å²) in [5.74, 6) is -1.66. The fourth-order valence-corrected chi connectivity index (χ4v) is 9.76. The van der Waals surface area contributed by atoms with Crippen molar-refractivity contribution < 1.29 is 47.4 Å². The van der Waals surface area contributed by atoms with Gasteiger partial charge in [-0.15, -0.1) is 0 Å². The summed E-state index contributed by atoms with van der Waals surface area (Å²) in [7, 11) is 0. The van der Waals surface area contributed by atoms with Gasteiger partial charge in [-0.25, -0.2) is 28.7 Å². The Morgan fingerprint density at radius 1 is 0.639 bits per heavy atom. The van der Waals surface area contributed by atoms with Crippen LogP contribution in [0.1, 0.15) is 72.2 Å². The number of benzene rings is 2. The van der Waals surface area contributed by atoms with Crippen LogP contribution in [0.3, 0.4) is 0 Å². The standard InChI is InChI=1S/C23H23ClFN3O4.C20H19ClFN3O4/c1-11-12-6-8-28(21(12)27-10-26-11)22-20-19(31-23(2,3)32-20)18(30-22)17-14-4-5-15(24)16(25)13(14)7-9-29-17;1-9-10-4-6-25(19(10)24-8-23-9)20-16(27)15(26)18(29-20)17-12-2-3-13(21)14(22)11(12)5-7-28-17/h4-6,8,10,17-20,22H,7,9H2,1-3H3;2-4,6,8,15-18,20,26-27H,5,7H2,1H3/t17-,18-,19-,20-,22-;15-,16+,17+,18-,20+/m10/s1. The SMILES string of the molecule is Cc1ncnc2c1ccn2[C@@H]1O[C@H]([C@@H]2OCCc3c2ccc(Cl)c3F)[C@@H](O)[C@H]1O.Cc1ncnc2c1ccn2[C@@H]1O[C@H]([C@@H]2OCCc3c2ccc(Cl)c3F)[C@H]2OC(C)(C)O[C@H]21. The number of fused-ring (bicyclic) bond motifs is 5. The van der Waals surface area contributed by atoms with Crippen molar-refractivity contribution >= 4 is 45.3 Å². The van der Waals surface area contributed by atoms with E-state index in [1.165, 1.54) is 12.4 Å². The number of hydrogen-bond acceptors (Lipinski definition) is 12. The van der Waals surface area contributed by atoms with Crippen LogP contribution in [0.2, 0.25) is 10.0 Å². The molecule has 0 amide bonds. The summed E-state index contributed by atoms with van der Waals surface area (Å²) in [4.78, 5) is 17.2. The molecule has 5 aliphatic rings. The van der Waals surface area contributed by atoms with Gasteiger partial charge in [-0.3, -0.25) is 0 Å². The highest BCUT2D eigenvalue weighted by molar-refractivity contribution is 6.31. The highest BCUT2D eigenvalue weighted by Crippen LogP contribution is 2.50. The summed E-state index contributed by atoms with van der Waals surface area (Å²) in [6.45, 7) is 8.22. The van der Waals surface area contributed by atoms with Crippen molar-refractivity contribution in [1.82, 2.24) is 29.1 Å². The van der Waals surface area contributed by atoms with E-state index < -0.39 is 72.6 Å². The minimum atomic E-state index is -1.23. The molecule has 3 saturated heterocycles. The Morgan fingerprint density at radius 3 is 1.69 bits per heavy atom. The molecule has 0 spiro atoms. The summed E-state index contributed by atoms with van der Waals surface area (Å²) < 4.78 is 70.0. The van der Waals surface area contributed by atoms with E-state index in [-0.39, 0.29) is 22.8 Å². The van der Waals surface area contributed by atoms with Crippen molar-refractivity contribution in [1.29, 1.82) is 0 Å². The predicted octanol–water partition coefficient (Wildman–Crippen LogP) is 6.73. The van der Waals surface area contributed by atoms with Crippen LogP contribution in [0.15, 0.2) is 61.4 Å². The van der Waals surface area contributed by atoms with Gasteiger partial charge in [-0.2, -0.15) is 0 Å². The van der Waals surface area contributed by atoms with Crippen molar-refractivity contribution in [2.75, 3.05) is 13.2 Å². The first kappa shape index (κ1) is 40.8. The molecule has 11 rings (SSSR count). The molecule has 320 valence electrons. The number of aryl methyl sites for hydroxylation is 2. The van der Waals surface area contributed by atoms with Gasteiger partial charge in [-0.05, 0) is 87.1 Å². The first-order valence-electron chi connectivity index (χ1n) is 20.1. The van der Waals surface area contributed by atoms with Crippen molar-refractivity contribution in [2.45, 2.75) is 108 Å². The van der Waals surface area contributed by atoms with Crippen molar-refractivity contribution in [2.24, 2.45) is 0 Å². The first-order valence-corrected chi connectivity index (χ1v) is 20.8. The number of halogens is 4. The molecule has 18 heteroatoms. The molecule has 9 heterocycles. The third-order valence-electron chi connectivity index (χ3n) is 12.3. The molecule has 0 bridgehead atoms. The third-order valence-corrected chi connectivity index (χ3v) is 12.9. The fourth-order valence-electron chi connectivity index (χ4n) is 9.40. The highest BCUT2D eigenvalue weighted by Gasteiger charge is 2.59. The molecule has 10 atom stereocenters. The van der Waals surface area contributed by atoms with Gasteiger partial charge in [0.05, 0.1) is 34.6 Å². The van der Waals surface area contributed by atoms with Crippen LogP contribution in [0.5, 0.6) is 0 Å². The predicted molar refractivity (Wildman–Crippen MR) is 216 cm³/mol. The molecule has 2 aromatic carbocycles. The Labute approximate surface area is 358 Å². The zero-order chi connectivity index (χ0) is 42.5. The molecule has 14 nitrogen and oxygen atoms in total. The minimum Gasteiger partial charge on any atom is -0.387 e. The molecule has 61 heavy (non-hydrogen) atoms. The average molecular weight is 880 g/mol. The molecule has 2 N–H and O–H groups in total. The molecule has 4 aromatic heterocycles. The lowest BCUT2D eigenvalue weighted by Crippen LogP contribution is -2.37. The number of aliphatic hydroxyl groups excluding tert-OH is 2. The van der Waals surface area contributed by atoms with Gasteiger partial charge in [0.25, 0.3) is 0 Å². The van der Waals surface area contributed by atoms with Gasteiger partial charge in [-0.1, -0.05) is 35.3 Å². The van der Waals surface area contributed by atoms with Crippen LogP contribution < -0.4 is 0 Å². The van der Waals surface area contributed by atoms with E-state index in [0.717, 1.165) is 33.4 Å². The lowest BCUT2D eigenvalue weighted by Gasteiger charge is -2.33. The van der Waals surface area contributed by atoms with Gasteiger partial charge in [0.1, 0.15) is 84.4 Å². The largest absolute Gasteiger partial charge is 0.387 e. The van der Waals surface area contributed by atoms with Gasteiger partial charge in [0.2, 0.25) is 0 Å². The van der Waals surface area contributed by atoms with Crippen LogP contribution in [0.25, 0.3) is 22.1 Å². The van der Waals surface area contributed by atoms with Crippen LogP contribution in [0.4, 0.5) is 8.78 Å². The number of rotatable bonds is 4. The maximum atomic E-state index is 14.7. The Morgan fingerprint density at radius 2 is 1.13 bits per heavy atom. The highest BCUT2D eigenvalue weighted by atomic mass is 35.5. The van der Waals surface area contributed by atoms with Crippen molar-refractivity contribution in [3.8, 4) is 0 Å². The van der Waals surface area contributed by atoms with E-state index in [0.29, 0.717) is 41.8 Å². The Hall–Kier alpha value is -4.20. The second-order valence-electron chi connectivity index (χ2n) is 16.3. The monoisotopic (exact) mass is 878 g/mol. The van der Waals surface area contributed by atoms with Crippen molar-refractivity contribution in [3.05, 3.63) is 117 Å². The molecule has 0 unspecified atom stereocenters. The summed E-state index contributed by atoms with van der Waals surface area (Å²) in [5.41, 5.74) is 5.39. The second kappa shape index (κ2) is 15.6. The number of ether oxygens (including phenoxy) is 6. The average Bonchev–Trinajstić information content (AvgIpc) is 4.07. The molecule has 6 aromatic rings. The smallest absolute Gasteiger partial charge is 0.164 e. The molecule has 3 fully saturated rings. The van der Waals surface area contributed by atoms with E-state index in [9.17, 15) is 19.0 Å². The molecular formula is C43H42Cl2F2N6O8. The Kier molecular flexibility index (Phi) is 10.4. The number of hydrogen-bond donors (Lipinski definition) is 2. The zero-order valence-electron chi connectivity index (χ0n) is 33.4. The van der Waals surface area contributed by atoms with Gasteiger partial charge < -0.3 is 47.8 Å². The Balaban J connectivity index is 0.000000147. The summed E-state index contributed by atoms with van der Waals surface area (Å²) >= 11 is 11.9. The van der Waals surface area contributed by atoms with Crippen LogP contribution in [0, 0.1) is 25.5 Å². The maximum Gasteiger partial charge on any atom is 0.164 e. The van der Waals surface area contributed by atoms with E-state index >= 15 is 0 Å². The maximum absolute atomic E-state index is 14.7. The number of aromatic nitrogens is 6. The van der Waals surface area contributed by atoms with E-state index in [2.05, 4.69) is 19.9 Å². The van der Waals surface area contributed by atoms with Gasteiger partial charge >= 0.3 is 0 Å². The molecule has 0 aliphatic carbocycles. The Bertz CT molecular complexity index is 2660. The van der Waals surface area contributed by atoms with E-state index in [1.807, 2.05) is 56.7 Å². The van der Waals surface area contributed by atoms with Crippen molar-refractivity contribution in [3.63, 3.8) is 0 Å². The zero-order valence-corrected chi connectivity index (χ0v) is 34.9. The van der Waals surface area contributed by atoms with Gasteiger partial charge in [0.15, 0.2) is 18.2 Å². The summed E-state index contributed by atoms with van der Waals surface area (Å²) in [6, 6.07) is 10.3. The fraction of sp³-hybridized carbons (Fsp3) is 0.442. The minimum absolute atomic E-state index is 0.0454. The first-order chi connectivity index (χ1) is 29.3. The second-order valence-corrected chi connectivity index (χ2v) is 17.1. The number of aliphatic hydroxyl groups is 2. The lowest BCUT2D eigenvalue weighted by atomic mass is 9.91. The quantitative estimate of drug-likeness (QED) is 0.193. The molecule has 0 saturated carbocycles. The lowest BCUT2D eigenvalue weighted by molar-refractivity contribution is -0.212. The van der Waals surface area contributed by atoms with E-state index in [1.54, 1.807) is 29.2 Å². The van der Waals surface area contributed by atoms with Crippen LogP contribution in [-0.4, -0.2) is 94.9 Å². The summed E-state index contributed by atoms with van der Waals surface area (Å²) in [6.07, 6.45) is 0.331. The third kappa shape index (κ3) is 6.83. The van der Waals surface area contributed by atoms with Crippen LogP contribution in [-0.2, 0) is 41.3 Å². The van der Waals surface area contributed by atoms with Gasteiger partial charge in [0, 0.05) is 23.2 Å². The molecule has 5 aliphatic heterocycles. The molecule has 0 radical (unpaired) electrons. The topological polar surface area (TPSA) is 157 Å². The van der Waals surface area contributed by atoms with E-state index in [4.69, 9.17) is 51.6 Å². The number of nitrogens with zero attached hydrogens (tertiary/aromatic N) is 6.